The predicted octanol–water partition coefficient (Wildman–Crippen LogP) is 0.212. The van der Waals surface area contributed by atoms with Crippen LogP contribution in [0.25, 0.3) is 0 Å². The van der Waals surface area contributed by atoms with Crippen molar-refractivity contribution in [3.63, 3.8) is 0 Å². The van der Waals surface area contributed by atoms with E-state index in [9.17, 15) is 10.2 Å². The number of hydrogen-bond donors (Lipinski definition) is 1. The summed E-state index contributed by atoms with van der Waals surface area (Å²) in [5.74, 6) is 0.928. The van der Waals surface area contributed by atoms with E-state index in [4.69, 9.17) is 17.0 Å². The van der Waals surface area contributed by atoms with Crippen molar-refractivity contribution >= 4 is 35.1 Å². The van der Waals surface area contributed by atoms with Crippen molar-refractivity contribution in [1.82, 2.24) is 4.90 Å². The number of rotatable bonds is 3. The average Bonchev–Trinajstić information content (AvgIpc) is 2.71. The van der Waals surface area contributed by atoms with Crippen LogP contribution in [0.15, 0.2) is 4.99 Å². The smallest absolute Gasteiger partial charge is 0.146 e. The van der Waals surface area contributed by atoms with Crippen molar-refractivity contribution in [2.75, 3.05) is 25.4 Å². The van der Waals surface area contributed by atoms with Crippen LogP contribution < -0.4 is 5.11 Å². The van der Waals surface area contributed by atoms with E-state index < -0.39 is 11.7 Å². The lowest BCUT2D eigenvalue weighted by Crippen LogP contribution is -2.38. The lowest BCUT2D eigenvalue weighted by molar-refractivity contribution is -0.260. The van der Waals surface area contributed by atoms with Crippen LogP contribution in [-0.4, -0.2) is 57.5 Å². The molecular formula is C11H19N2O3S2-. The first-order valence-electron chi connectivity index (χ1n) is 5.76. The fraction of sp³-hybridized carbons (Fsp3) is 0.818. The highest BCUT2D eigenvalue weighted by molar-refractivity contribution is 8.00. The summed E-state index contributed by atoms with van der Waals surface area (Å²) in [6.07, 6.45) is -0.600. The lowest BCUT2D eigenvalue weighted by atomic mass is 10.2. The maximum absolute atomic E-state index is 11.4. The molecule has 1 fully saturated rings. The molecule has 1 heterocycles. The molecule has 1 aliphatic rings. The molecule has 18 heavy (non-hydrogen) atoms. The molecule has 104 valence electrons. The Morgan fingerprint density at radius 3 is 2.83 bits per heavy atom. The molecule has 1 saturated heterocycles. The molecule has 0 aliphatic carbocycles. The van der Waals surface area contributed by atoms with E-state index in [2.05, 4.69) is 4.99 Å². The minimum absolute atomic E-state index is 0.00802. The van der Waals surface area contributed by atoms with Crippen molar-refractivity contribution in [2.45, 2.75) is 31.7 Å². The van der Waals surface area contributed by atoms with Crippen LogP contribution in [0, 0.1) is 0 Å². The van der Waals surface area contributed by atoms with Gasteiger partial charge >= 0.3 is 0 Å². The van der Waals surface area contributed by atoms with Crippen LogP contribution in [0.2, 0.25) is 0 Å². The molecule has 0 amide bonds. The van der Waals surface area contributed by atoms with Gasteiger partial charge in [-0.2, -0.15) is 0 Å². The van der Waals surface area contributed by atoms with Crippen molar-refractivity contribution < 1.29 is 14.9 Å². The largest absolute Gasteiger partial charge is 0.595 e. The molecule has 0 aromatic carbocycles. The minimum atomic E-state index is -0.600. The Morgan fingerprint density at radius 2 is 2.28 bits per heavy atom. The third-order valence-electron chi connectivity index (χ3n) is 2.20. The van der Waals surface area contributed by atoms with Crippen LogP contribution in [0.4, 0.5) is 0 Å². The summed E-state index contributed by atoms with van der Waals surface area (Å²) in [5.41, 5.74) is -0.542. The Balaban J connectivity index is 2.47. The van der Waals surface area contributed by atoms with Gasteiger partial charge in [0.2, 0.25) is 0 Å². The van der Waals surface area contributed by atoms with E-state index in [1.54, 1.807) is 32.5 Å². The fourth-order valence-electron chi connectivity index (χ4n) is 1.47. The average molecular weight is 291 g/mol. The van der Waals surface area contributed by atoms with Crippen molar-refractivity contribution in [2.24, 2.45) is 4.99 Å². The zero-order chi connectivity index (χ0) is 13.8. The summed E-state index contributed by atoms with van der Waals surface area (Å²) < 4.78 is 5.07. The van der Waals surface area contributed by atoms with Crippen LogP contribution in [-0.2, 0) is 4.74 Å². The van der Waals surface area contributed by atoms with Gasteiger partial charge in [-0.3, -0.25) is 4.99 Å². The van der Waals surface area contributed by atoms with E-state index in [0.717, 1.165) is 12.3 Å². The molecule has 0 aromatic rings. The molecule has 0 aromatic heterocycles. The SMILES string of the molecule is CC(C)(C)OC([O-])=NCC(=S)N1CCS[C@@H]1CO. The van der Waals surface area contributed by atoms with Gasteiger partial charge < -0.3 is 19.8 Å². The Kier molecular flexibility index (Phi) is 5.68. The van der Waals surface area contributed by atoms with Crippen molar-refractivity contribution in [3.05, 3.63) is 0 Å². The second-order valence-corrected chi connectivity index (χ2v) is 6.65. The summed E-state index contributed by atoms with van der Waals surface area (Å²) in [6.45, 7) is 6.35. The summed E-state index contributed by atoms with van der Waals surface area (Å²) in [5, 5.41) is 20.6. The Morgan fingerprint density at radius 1 is 1.61 bits per heavy atom. The number of nitrogens with zero attached hydrogens (tertiary/aromatic N) is 2. The second-order valence-electron chi connectivity index (χ2n) is 4.89. The second kappa shape index (κ2) is 6.58. The highest BCUT2D eigenvalue weighted by Crippen LogP contribution is 2.23. The van der Waals surface area contributed by atoms with Gasteiger partial charge in [0.05, 0.1) is 18.5 Å². The normalized spacial score (nSPS) is 21.2. The van der Waals surface area contributed by atoms with Gasteiger partial charge in [0.25, 0.3) is 0 Å². The molecule has 1 rings (SSSR count). The first-order chi connectivity index (χ1) is 8.33. The van der Waals surface area contributed by atoms with Gasteiger partial charge in [-0.15, -0.1) is 11.8 Å². The van der Waals surface area contributed by atoms with E-state index in [1.165, 1.54) is 0 Å². The van der Waals surface area contributed by atoms with Crippen LogP contribution in [0.1, 0.15) is 20.8 Å². The van der Waals surface area contributed by atoms with Crippen molar-refractivity contribution in [3.8, 4) is 0 Å². The van der Waals surface area contributed by atoms with Crippen LogP contribution in [0.5, 0.6) is 0 Å². The third-order valence-corrected chi connectivity index (χ3v) is 3.77. The first-order valence-corrected chi connectivity index (χ1v) is 7.21. The Hall–Kier alpha value is -0.530. The molecule has 0 radical (unpaired) electrons. The monoisotopic (exact) mass is 291 g/mol. The quantitative estimate of drug-likeness (QED) is 0.455. The van der Waals surface area contributed by atoms with E-state index in [0.29, 0.717) is 4.99 Å². The number of aliphatic hydroxyl groups is 1. The van der Waals surface area contributed by atoms with Crippen molar-refractivity contribution in [1.29, 1.82) is 0 Å². The number of thiocarbonyl (C=S) groups is 1. The molecule has 1 aliphatic heterocycles. The summed E-state index contributed by atoms with van der Waals surface area (Å²) in [4.78, 5) is 6.27. The fourth-order valence-corrected chi connectivity index (χ4v) is 2.92. The lowest BCUT2D eigenvalue weighted by Gasteiger charge is -2.30. The molecule has 0 unspecified atom stereocenters. The van der Waals surface area contributed by atoms with Gasteiger partial charge in [0.15, 0.2) is 0 Å². The van der Waals surface area contributed by atoms with Gasteiger partial charge in [0.1, 0.15) is 11.1 Å². The number of hydrogen-bond acceptors (Lipinski definition) is 6. The zero-order valence-electron chi connectivity index (χ0n) is 10.9. The third kappa shape index (κ3) is 4.99. The van der Waals surface area contributed by atoms with E-state index in [-0.39, 0.29) is 18.5 Å². The minimum Gasteiger partial charge on any atom is -0.595 e. The Labute approximate surface area is 117 Å². The predicted molar refractivity (Wildman–Crippen MR) is 75.8 cm³/mol. The van der Waals surface area contributed by atoms with E-state index in [1.807, 2.05) is 4.90 Å². The standard InChI is InChI=1S/C11H20N2O3S2/c1-11(2,3)16-10(15)12-6-8(17)13-4-5-18-9(13)7-14/h9,14H,4-7H2,1-3H3,(H,12,15)/p-1/t9-/m1/s1. The topological polar surface area (TPSA) is 68.1 Å². The summed E-state index contributed by atoms with van der Waals surface area (Å²) in [7, 11) is 0. The van der Waals surface area contributed by atoms with E-state index >= 15 is 0 Å². The molecule has 5 nitrogen and oxygen atoms in total. The maximum Gasteiger partial charge on any atom is 0.146 e. The molecule has 7 heteroatoms. The van der Waals surface area contributed by atoms with Gasteiger partial charge in [-0.05, 0) is 0 Å². The highest BCUT2D eigenvalue weighted by atomic mass is 32.2. The molecule has 1 N–H and O–H groups in total. The number of aliphatic imine (C=N–C) groups is 1. The van der Waals surface area contributed by atoms with Crippen LogP contribution >= 0.6 is 24.0 Å². The summed E-state index contributed by atoms with van der Waals surface area (Å²) >= 11 is 6.87. The molecule has 1 atom stereocenters. The highest BCUT2D eigenvalue weighted by Gasteiger charge is 2.25. The first kappa shape index (κ1) is 15.5. The molecular weight excluding hydrogens is 272 g/mol. The number of ether oxygens (including phenoxy) is 1. The number of thioether (sulfide) groups is 1. The van der Waals surface area contributed by atoms with Gasteiger partial charge in [-0.1, -0.05) is 33.0 Å². The molecule has 0 spiro atoms. The summed E-state index contributed by atoms with van der Waals surface area (Å²) in [6, 6.07) is 0. The zero-order valence-corrected chi connectivity index (χ0v) is 12.5. The van der Waals surface area contributed by atoms with Gasteiger partial charge in [-0.25, -0.2) is 0 Å². The molecule has 0 bridgehead atoms. The number of aliphatic hydroxyl groups excluding tert-OH is 1. The maximum atomic E-state index is 11.4. The molecule has 0 saturated carbocycles. The van der Waals surface area contributed by atoms with Gasteiger partial charge in [0, 0.05) is 17.9 Å². The Bertz CT molecular complexity index is 329. The van der Waals surface area contributed by atoms with Crippen LogP contribution in [0.3, 0.4) is 0 Å².